The Balaban J connectivity index is 0.00000133. The molecule has 0 spiro atoms. The third-order valence-electron chi connectivity index (χ3n) is 2.73. The van der Waals surface area contributed by atoms with Crippen LogP contribution in [0, 0.1) is 0 Å². The van der Waals surface area contributed by atoms with Crippen LogP contribution in [0.5, 0.6) is 5.75 Å². The summed E-state index contributed by atoms with van der Waals surface area (Å²) in [6, 6.07) is 8.84. The van der Waals surface area contributed by atoms with E-state index in [1.165, 1.54) is 16.7 Å². The van der Waals surface area contributed by atoms with E-state index in [1.807, 2.05) is 6.07 Å². The Kier molecular flexibility index (Phi) is 4.25. The van der Waals surface area contributed by atoms with Gasteiger partial charge in [0.25, 0.3) is 0 Å². The normalized spacial score (nSPS) is 20.5. The van der Waals surface area contributed by atoms with Crippen LogP contribution in [0.3, 0.4) is 0 Å². The van der Waals surface area contributed by atoms with Gasteiger partial charge < -0.3 is 14.6 Å². The SMILES string of the molecule is O=C([O-])C1=C(Oc2ccccc2)SC2CC(=O)N12.[Na+]. The molecule has 2 aliphatic rings. The standard InChI is InChI=1S/C12H9NO4S.Na/c14-8-6-9-13(8)10(11(15)16)12(18-9)17-7-4-2-1-3-5-7;/h1-5,9H,6H2,(H,15,16);/q;+1/p-1. The molecule has 0 bridgehead atoms. The van der Waals surface area contributed by atoms with Gasteiger partial charge in [0.2, 0.25) is 5.91 Å². The number of hydrogen-bond donors (Lipinski definition) is 0. The fourth-order valence-electron chi connectivity index (χ4n) is 1.88. The molecule has 1 aromatic carbocycles. The second kappa shape index (κ2) is 5.58. The first kappa shape index (κ1) is 14.5. The van der Waals surface area contributed by atoms with Crippen molar-refractivity contribution in [2.24, 2.45) is 0 Å². The van der Waals surface area contributed by atoms with Gasteiger partial charge in [0.05, 0.1) is 17.8 Å². The number of carbonyl (C=O) groups excluding carboxylic acids is 2. The van der Waals surface area contributed by atoms with Crippen LogP contribution in [0.15, 0.2) is 41.1 Å². The topological polar surface area (TPSA) is 69.7 Å². The summed E-state index contributed by atoms with van der Waals surface area (Å²) in [4.78, 5) is 23.7. The molecule has 2 heterocycles. The van der Waals surface area contributed by atoms with E-state index in [9.17, 15) is 14.7 Å². The van der Waals surface area contributed by atoms with Crippen molar-refractivity contribution in [3.8, 4) is 5.75 Å². The molecule has 1 amide bonds. The number of amides is 1. The Hall–Kier alpha value is -0.950. The summed E-state index contributed by atoms with van der Waals surface area (Å²) < 4.78 is 5.51. The largest absolute Gasteiger partial charge is 1.00 e. The van der Waals surface area contributed by atoms with Gasteiger partial charge in [0, 0.05) is 0 Å². The third-order valence-corrected chi connectivity index (χ3v) is 3.87. The van der Waals surface area contributed by atoms with Crippen molar-refractivity contribution in [3.63, 3.8) is 0 Å². The number of fused-ring (bicyclic) bond motifs is 1. The van der Waals surface area contributed by atoms with Crippen LogP contribution in [-0.4, -0.2) is 22.2 Å². The Morgan fingerprint density at radius 2 is 2.05 bits per heavy atom. The van der Waals surface area contributed by atoms with E-state index < -0.39 is 5.97 Å². The molecule has 7 heteroatoms. The number of carboxylic acid groups (broad SMARTS) is 1. The minimum Gasteiger partial charge on any atom is -0.543 e. The first-order valence-corrected chi connectivity index (χ1v) is 6.22. The molecule has 5 nitrogen and oxygen atoms in total. The van der Waals surface area contributed by atoms with Gasteiger partial charge in [-0.1, -0.05) is 30.0 Å². The second-order valence-corrected chi connectivity index (χ2v) is 5.03. The molecular weight excluding hydrogens is 277 g/mol. The van der Waals surface area contributed by atoms with Gasteiger partial charge in [-0.2, -0.15) is 0 Å². The van der Waals surface area contributed by atoms with E-state index >= 15 is 0 Å². The summed E-state index contributed by atoms with van der Waals surface area (Å²) in [6.07, 6.45) is 0.336. The minimum absolute atomic E-state index is 0. The summed E-state index contributed by atoms with van der Waals surface area (Å²) >= 11 is 1.24. The molecule has 0 saturated carbocycles. The number of para-hydroxylation sites is 1. The first-order valence-electron chi connectivity index (χ1n) is 5.34. The summed E-state index contributed by atoms with van der Waals surface area (Å²) in [5.41, 5.74) is -0.162. The van der Waals surface area contributed by atoms with Crippen molar-refractivity contribution in [2.45, 2.75) is 11.8 Å². The van der Waals surface area contributed by atoms with Crippen molar-refractivity contribution in [2.75, 3.05) is 0 Å². The van der Waals surface area contributed by atoms with Crippen molar-refractivity contribution >= 4 is 23.6 Å². The molecule has 1 saturated heterocycles. The zero-order valence-corrected chi connectivity index (χ0v) is 13.0. The molecular formula is C12H8NNaO4S. The van der Waals surface area contributed by atoms with Gasteiger partial charge in [0.1, 0.15) is 11.4 Å². The maximum absolute atomic E-state index is 11.4. The average Bonchev–Trinajstić information content (AvgIpc) is 2.63. The number of carboxylic acids is 1. The molecule has 3 rings (SSSR count). The maximum Gasteiger partial charge on any atom is 1.00 e. The van der Waals surface area contributed by atoms with Crippen molar-refractivity contribution in [1.82, 2.24) is 4.90 Å². The zero-order valence-electron chi connectivity index (χ0n) is 10.2. The Morgan fingerprint density at radius 3 is 2.63 bits per heavy atom. The number of benzene rings is 1. The van der Waals surface area contributed by atoms with Gasteiger partial charge >= 0.3 is 29.6 Å². The minimum atomic E-state index is -1.39. The molecule has 0 aromatic heterocycles. The van der Waals surface area contributed by atoms with Gasteiger partial charge in [0.15, 0.2) is 5.09 Å². The van der Waals surface area contributed by atoms with Gasteiger partial charge in [-0.25, -0.2) is 0 Å². The Morgan fingerprint density at radius 1 is 1.37 bits per heavy atom. The molecule has 0 aliphatic carbocycles. The van der Waals surface area contributed by atoms with Crippen LogP contribution in [0.4, 0.5) is 0 Å². The average molecular weight is 285 g/mol. The van der Waals surface area contributed by atoms with Gasteiger partial charge in [-0.15, -0.1) is 0 Å². The van der Waals surface area contributed by atoms with E-state index in [0.717, 1.165) is 0 Å². The number of carbonyl (C=O) groups is 2. The zero-order chi connectivity index (χ0) is 12.7. The summed E-state index contributed by atoms with van der Waals surface area (Å²) in [6.45, 7) is 0. The number of hydrogen-bond acceptors (Lipinski definition) is 5. The molecule has 0 N–H and O–H groups in total. The van der Waals surface area contributed by atoms with Crippen LogP contribution in [-0.2, 0) is 9.59 Å². The smallest absolute Gasteiger partial charge is 0.543 e. The first-order chi connectivity index (χ1) is 8.66. The van der Waals surface area contributed by atoms with Crippen LogP contribution >= 0.6 is 11.8 Å². The van der Waals surface area contributed by atoms with E-state index in [-0.39, 0.29) is 51.6 Å². The van der Waals surface area contributed by atoms with Crippen LogP contribution in [0.2, 0.25) is 0 Å². The van der Waals surface area contributed by atoms with Crippen LogP contribution in [0.25, 0.3) is 0 Å². The summed E-state index contributed by atoms with van der Waals surface area (Å²) in [5, 5.41) is 11.1. The molecule has 1 unspecified atom stereocenters. The number of rotatable bonds is 3. The summed E-state index contributed by atoms with van der Waals surface area (Å²) in [5.74, 6) is -1.06. The third kappa shape index (κ3) is 2.53. The number of thioether (sulfide) groups is 1. The van der Waals surface area contributed by atoms with Gasteiger partial charge in [-0.3, -0.25) is 9.69 Å². The Labute approximate surface area is 135 Å². The van der Waals surface area contributed by atoms with Gasteiger partial charge in [-0.05, 0) is 12.1 Å². The van der Waals surface area contributed by atoms with E-state index in [2.05, 4.69) is 0 Å². The fourth-order valence-corrected chi connectivity index (χ4v) is 3.12. The monoisotopic (exact) mass is 285 g/mol. The van der Waals surface area contributed by atoms with E-state index in [0.29, 0.717) is 12.2 Å². The molecule has 1 fully saturated rings. The number of aliphatic carboxylic acids is 1. The van der Waals surface area contributed by atoms with E-state index in [1.54, 1.807) is 24.3 Å². The predicted octanol–water partition coefficient (Wildman–Crippen LogP) is -2.71. The molecule has 2 aliphatic heterocycles. The maximum atomic E-state index is 11.4. The Bertz CT molecular complexity index is 560. The second-order valence-electron chi connectivity index (χ2n) is 3.88. The quantitative estimate of drug-likeness (QED) is 0.446. The van der Waals surface area contributed by atoms with Crippen LogP contribution in [0.1, 0.15) is 6.42 Å². The number of nitrogens with zero attached hydrogens (tertiary/aromatic N) is 1. The van der Waals surface area contributed by atoms with Crippen molar-refractivity contribution in [3.05, 3.63) is 41.1 Å². The predicted molar refractivity (Wildman–Crippen MR) is 61.9 cm³/mol. The van der Waals surface area contributed by atoms with E-state index in [4.69, 9.17) is 4.74 Å². The van der Waals surface area contributed by atoms with Crippen LogP contribution < -0.4 is 39.4 Å². The molecule has 92 valence electrons. The molecule has 19 heavy (non-hydrogen) atoms. The van der Waals surface area contributed by atoms with Crippen molar-refractivity contribution < 1.29 is 49.0 Å². The molecule has 1 atom stereocenters. The number of ether oxygens (including phenoxy) is 1. The molecule has 0 radical (unpaired) electrons. The fraction of sp³-hybridized carbons (Fsp3) is 0.167. The van der Waals surface area contributed by atoms with Crippen molar-refractivity contribution in [1.29, 1.82) is 0 Å². The number of β-lactam (4-membered cyclic amide) rings is 1. The summed E-state index contributed by atoms with van der Waals surface area (Å²) in [7, 11) is 0. The molecule has 1 aromatic rings.